The molecule has 0 radical (unpaired) electrons. The number of hydrogen-bond donors (Lipinski definition) is 2. The van der Waals surface area contributed by atoms with Crippen molar-refractivity contribution >= 4 is 11.5 Å². The maximum atomic E-state index is 11.4. The number of hydrogen-bond acceptors (Lipinski definition) is 5. The standard InChI is InChI=1S/C11H17N5O2/c1-7(4-5-18-3)12-9-6-10-14-15-11(17)16(10)8(2)13-9/h6-7,12H,4-5H2,1-3H3,(H,15,17). The summed E-state index contributed by atoms with van der Waals surface area (Å²) in [4.78, 5) is 15.8. The summed E-state index contributed by atoms with van der Waals surface area (Å²) in [6.45, 7) is 4.52. The lowest BCUT2D eigenvalue weighted by Gasteiger charge is -2.14. The van der Waals surface area contributed by atoms with E-state index in [0.29, 0.717) is 23.9 Å². The molecule has 1 unspecified atom stereocenters. The summed E-state index contributed by atoms with van der Waals surface area (Å²) in [6, 6.07) is 1.98. The van der Waals surface area contributed by atoms with Crippen molar-refractivity contribution in [2.75, 3.05) is 19.0 Å². The molecule has 7 heteroatoms. The number of nitrogens with zero attached hydrogens (tertiary/aromatic N) is 3. The molecular formula is C11H17N5O2. The van der Waals surface area contributed by atoms with Crippen LogP contribution in [0.2, 0.25) is 0 Å². The van der Waals surface area contributed by atoms with Crippen LogP contribution in [-0.2, 0) is 4.74 Å². The SMILES string of the molecule is COCCC(C)Nc1cc2n[nH]c(=O)n2c(C)n1. The molecule has 0 saturated heterocycles. The van der Waals surface area contributed by atoms with E-state index < -0.39 is 0 Å². The highest BCUT2D eigenvalue weighted by Crippen LogP contribution is 2.10. The number of methoxy groups -OCH3 is 1. The van der Waals surface area contributed by atoms with E-state index in [1.54, 1.807) is 20.1 Å². The molecule has 2 heterocycles. The van der Waals surface area contributed by atoms with Crippen molar-refractivity contribution in [1.82, 2.24) is 19.6 Å². The zero-order valence-electron chi connectivity index (χ0n) is 10.7. The summed E-state index contributed by atoms with van der Waals surface area (Å²) in [7, 11) is 1.68. The monoisotopic (exact) mass is 251 g/mol. The average Bonchev–Trinajstić information content (AvgIpc) is 2.68. The van der Waals surface area contributed by atoms with Crippen molar-refractivity contribution in [3.8, 4) is 0 Å². The lowest BCUT2D eigenvalue weighted by Crippen LogP contribution is -2.19. The van der Waals surface area contributed by atoms with Gasteiger partial charge in [-0.2, -0.15) is 5.10 Å². The van der Waals surface area contributed by atoms with Crippen LogP contribution in [0.3, 0.4) is 0 Å². The van der Waals surface area contributed by atoms with Gasteiger partial charge >= 0.3 is 5.69 Å². The topological polar surface area (TPSA) is 84.3 Å². The maximum absolute atomic E-state index is 11.4. The highest BCUT2D eigenvalue weighted by molar-refractivity contribution is 5.49. The fraction of sp³-hybridized carbons (Fsp3) is 0.545. The predicted molar refractivity (Wildman–Crippen MR) is 67.9 cm³/mol. The Morgan fingerprint density at radius 2 is 2.39 bits per heavy atom. The van der Waals surface area contributed by atoms with Crippen LogP contribution < -0.4 is 11.0 Å². The molecule has 0 aromatic carbocycles. The number of rotatable bonds is 5. The van der Waals surface area contributed by atoms with Crippen LogP contribution in [0.5, 0.6) is 0 Å². The molecular weight excluding hydrogens is 234 g/mol. The first-order valence-electron chi connectivity index (χ1n) is 5.82. The molecule has 1 atom stereocenters. The van der Waals surface area contributed by atoms with E-state index in [4.69, 9.17) is 4.74 Å². The largest absolute Gasteiger partial charge is 0.385 e. The second-order valence-electron chi connectivity index (χ2n) is 4.24. The molecule has 0 bridgehead atoms. The Balaban J connectivity index is 2.22. The quantitative estimate of drug-likeness (QED) is 0.811. The van der Waals surface area contributed by atoms with Gasteiger partial charge in [0.25, 0.3) is 0 Å². The van der Waals surface area contributed by atoms with Crippen molar-refractivity contribution < 1.29 is 4.74 Å². The molecule has 98 valence electrons. The van der Waals surface area contributed by atoms with Gasteiger partial charge in [0, 0.05) is 25.8 Å². The first-order valence-corrected chi connectivity index (χ1v) is 5.82. The van der Waals surface area contributed by atoms with Crippen LogP contribution in [0, 0.1) is 6.92 Å². The van der Waals surface area contributed by atoms with E-state index in [2.05, 4.69) is 27.4 Å². The highest BCUT2D eigenvalue weighted by atomic mass is 16.5. The van der Waals surface area contributed by atoms with Crippen LogP contribution in [0.1, 0.15) is 19.2 Å². The summed E-state index contributed by atoms with van der Waals surface area (Å²) < 4.78 is 6.46. The van der Waals surface area contributed by atoms with Crippen LogP contribution in [0.25, 0.3) is 5.65 Å². The van der Waals surface area contributed by atoms with Crippen molar-refractivity contribution in [2.24, 2.45) is 0 Å². The predicted octanol–water partition coefficient (Wildman–Crippen LogP) is 0.563. The second kappa shape index (κ2) is 5.18. The first-order chi connectivity index (χ1) is 8.61. The van der Waals surface area contributed by atoms with E-state index >= 15 is 0 Å². The van der Waals surface area contributed by atoms with E-state index in [1.807, 2.05) is 0 Å². The molecule has 2 rings (SSSR count). The molecule has 0 aliphatic carbocycles. The summed E-state index contributed by atoms with van der Waals surface area (Å²) in [5.74, 6) is 1.32. The van der Waals surface area contributed by atoms with Gasteiger partial charge in [0.15, 0.2) is 5.65 Å². The lowest BCUT2D eigenvalue weighted by atomic mass is 10.2. The van der Waals surface area contributed by atoms with Gasteiger partial charge in [-0.25, -0.2) is 19.3 Å². The maximum Gasteiger partial charge on any atom is 0.349 e. The zero-order valence-corrected chi connectivity index (χ0v) is 10.7. The minimum absolute atomic E-state index is 0.241. The molecule has 2 aromatic rings. The minimum Gasteiger partial charge on any atom is -0.385 e. The smallest absolute Gasteiger partial charge is 0.349 e. The van der Waals surface area contributed by atoms with Crippen molar-refractivity contribution in [1.29, 1.82) is 0 Å². The van der Waals surface area contributed by atoms with E-state index in [0.717, 1.165) is 6.42 Å². The van der Waals surface area contributed by atoms with Gasteiger partial charge in [-0.05, 0) is 20.3 Å². The summed E-state index contributed by atoms with van der Waals surface area (Å²) in [5.41, 5.74) is 0.294. The average molecular weight is 251 g/mol. The third-order valence-electron chi connectivity index (χ3n) is 2.72. The normalized spacial score (nSPS) is 12.8. The molecule has 0 amide bonds. The van der Waals surface area contributed by atoms with Gasteiger partial charge in [-0.3, -0.25) is 0 Å². The van der Waals surface area contributed by atoms with E-state index in [9.17, 15) is 4.79 Å². The summed E-state index contributed by atoms with van der Waals surface area (Å²) in [5, 5.41) is 9.59. The van der Waals surface area contributed by atoms with E-state index in [-0.39, 0.29) is 11.7 Å². The molecule has 0 aliphatic rings. The van der Waals surface area contributed by atoms with Gasteiger partial charge in [-0.1, -0.05) is 0 Å². The third kappa shape index (κ3) is 2.51. The molecule has 0 fully saturated rings. The van der Waals surface area contributed by atoms with Gasteiger partial charge in [0.2, 0.25) is 0 Å². The Bertz CT molecular complexity index is 589. The number of ether oxygens (including phenoxy) is 1. The van der Waals surface area contributed by atoms with E-state index in [1.165, 1.54) is 4.40 Å². The number of anilines is 1. The van der Waals surface area contributed by atoms with Crippen LogP contribution in [0.15, 0.2) is 10.9 Å². The number of aryl methyl sites for hydroxylation is 1. The van der Waals surface area contributed by atoms with Crippen LogP contribution in [-0.4, -0.2) is 39.3 Å². The van der Waals surface area contributed by atoms with Crippen LogP contribution in [0.4, 0.5) is 5.82 Å². The fourth-order valence-electron chi connectivity index (χ4n) is 1.79. The first kappa shape index (κ1) is 12.6. The van der Waals surface area contributed by atoms with Gasteiger partial charge in [0.1, 0.15) is 11.6 Å². The number of H-pyrrole nitrogens is 1. The number of nitrogens with one attached hydrogen (secondary N) is 2. The Labute approximate surface area is 104 Å². The molecule has 2 aromatic heterocycles. The Morgan fingerprint density at radius 3 is 3.11 bits per heavy atom. The third-order valence-corrected chi connectivity index (χ3v) is 2.72. The minimum atomic E-state index is -0.269. The second-order valence-corrected chi connectivity index (χ2v) is 4.24. The fourth-order valence-corrected chi connectivity index (χ4v) is 1.79. The molecule has 2 N–H and O–H groups in total. The molecule has 18 heavy (non-hydrogen) atoms. The molecule has 0 saturated carbocycles. The highest BCUT2D eigenvalue weighted by Gasteiger charge is 2.08. The van der Waals surface area contributed by atoms with Crippen molar-refractivity contribution in [3.05, 3.63) is 22.4 Å². The Hall–Kier alpha value is -1.89. The Morgan fingerprint density at radius 1 is 1.61 bits per heavy atom. The zero-order chi connectivity index (χ0) is 13.1. The molecule has 0 aliphatic heterocycles. The van der Waals surface area contributed by atoms with Gasteiger partial charge in [-0.15, -0.1) is 0 Å². The number of aromatic nitrogens is 4. The van der Waals surface area contributed by atoms with Crippen molar-refractivity contribution in [2.45, 2.75) is 26.3 Å². The van der Waals surface area contributed by atoms with Gasteiger partial charge < -0.3 is 10.1 Å². The van der Waals surface area contributed by atoms with Crippen LogP contribution >= 0.6 is 0 Å². The molecule has 7 nitrogen and oxygen atoms in total. The summed E-state index contributed by atoms with van der Waals surface area (Å²) >= 11 is 0. The van der Waals surface area contributed by atoms with Gasteiger partial charge in [0.05, 0.1) is 0 Å². The molecule has 0 spiro atoms. The number of aromatic amines is 1. The lowest BCUT2D eigenvalue weighted by molar-refractivity contribution is 0.191. The van der Waals surface area contributed by atoms with Crippen molar-refractivity contribution in [3.63, 3.8) is 0 Å². The Kier molecular flexibility index (Phi) is 3.61. The summed E-state index contributed by atoms with van der Waals surface area (Å²) in [6.07, 6.45) is 0.885. The number of fused-ring (bicyclic) bond motifs is 1.